The van der Waals surface area contributed by atoms with Gasteiger partial charge in [-0.05, 0) is 38.7 Å². The number of hydrogen-bond donors (Lipinski definition) is 0. The van der Waals surface area contributed by atoms with Crippen molar-refractivity contribution in [3.63, 3.8) is 0 Å². The number of aromatic nitrogens is 2. The van der Waals surface area contributed by atoms with Gasteiger partial charge in [-0.3, -0.25) is 9.48 Å². The Hall–Kier alpha value is -1.03. The van der Waals surface area contributed by atoms with Gasteiger partial charge in [-0.1, -0.05) is 6.92 Å². The fourth-order valence-corrected chi connectivity index (χ4v) is 2.95. The molecule has 5 heteroatoms. The van der Waals surface area contributed by atoms with Crippen LogP contribution in [0.15, 0.2) is 6.07 Å². The van der Waals surface area contributed by atoms with Crippen LogP contribution in [0.1, 0.15) is 49.3 Å². The minimum Gasteiger partial charge on any atom is -0.333 e. The summed E-state index contributed by atoms with van der Waals surface area (Å²) in [5, 5.41) is 4.45. The molecule has 0 bridgehead atoms. The molecule has 1 amide bonds. The van der Waals surface area contributed by atoms with Crippen LogP contribution in [0.5, 0.6) is 0 Å². The number of hydrogen-bond acceptors (Lipinski definition) is 2. The maximum atomic E-state index is 12.7. The molecule has 4 nitrogen and oxygen atoms in total. The van der Waals surface area contributed by atoms with E-state index in [0.29, 0.717) is 11.6 Å². The molecule has 0 saturated carbocycles. The first-order chi connectivity index (χ1) is 9.21. The second-order valence-electron chi connectivity index (χ2n) is 4.99. The first-order valence-electron chi connectivity index (χ1n) is 7.14. The Bertz CT molecular complexity index is 444. The van der Waals surface area contributed by atoms with Gasteiger partial charge in [-0.15, -0.1) is 11.6 Å². The highest BCUT2D eigenvalue weighted by Crippen LogP contribution is 2.21. The molecule has 1 unspecified atom stereocenters. The summed E-state index contributed by atoms with van der Waals surface area (Å²) >= 11 is 6.00. The van der Waals surface area contributed by atoms with Crippen LogP contribution in [0.4, 0.5) is 0 Å². The van der Waals surface area contributed by atoms with E-state index in [4.69, 9.17) is 11.6 Å². The number of alkyl halides is 1. The Morgan fingerprint density at radius 3 is 2.89 bits per heavy atom. The predicted molar refractivity (Wildman–Crippen MR) is 76.7 cm³/mol. The van der Waals surface area contributed by atoms with E-state index in [0.717, 1.165) is 44.5 Å². The highest BCUT2D eigenvalue weighted by atomic mass is 35.5. The largest absolute Gasteiger partial charge is 0.333 e. The maximum absolute atomic E-state index is 12.7. The van der Waals surface area contributed by atoms with E-state index >= 15 is 0 Å². The number of carbonyl (C=O) groups is 1. The van der Waals surface area contributed by atoms with Crippen molar-refractivity contribution in [3.05, 3.63) is 17.5 Å². The predicted octanol–water partition coefficient (Wildman–Crippen LogP) is 2.70. The van der Waals surface area contributed by atoms with E-state index in [9.17, 15) is 4.79 Å². The van der Waals surface area contributed by atoms with Gasteiger partial charge in [0.05, 0.1) is 5.69 Å². The molecule has 0 radical (unpaired) electrons. The van der Waals surface area contributed by atoms with E-state index in [1.54, 1.807) is 4.68 Å². The Labute approximate surface area is 119 Å². The Morgan fingerprint density at radius 1 is 1.47 bits per heavy atom. The molecule has 1 aliphatic heterocycles. The molecule has 1 atom stereocenters. The van der Waals surface area contributed by atoms with Crippen molar-refractivity contribution in [1.82, 2.24) is 14.7 Å². The maximum Gasteiger partial charge on any atom is 0.272 e. The van der Waals surface area contributed by atoms with E-state index in [2.05, 4.69) is 12.0 Å². The molecule has 2 rings (SSSR count). The fourth-order valence-electron chi connectivity index (χ4n) is 2.63. The van der Waals surface area contributed by atoms with Gasteiger partial charge in [0, 0.05) is 25.0 Å². The number of nitrogens with zero attached hydrogens (tertiary/aromatic N) is 3. The molecule has 0 N–H and O–H groups in total. The highest BCUT2D eigenvalue weighted by molar-refractivity contribution is 6.18. The molecule has 1 aromatic heterocycles. The van der Waals surface area contributed by atoms with Crippen molar-refractivity contribution in [2.45, 2.75) is 52.1 Å². The molecule has 0 aliphatic carbocycles. The minimum absolute atomic E-state index is 0.0828. The van der Waals surface area contributed by atoms with E-state index in [1.807, 2.05) is 17.9 Å². The van der Waals surface area contributed by atoms with Gasteiger partial charge in [0.2, 0.25) is 0 Å². The summed E-state index contributed by atoms with van der Waals surface area (Å²) in [5.74, 6) is 0.603. The molecule has 19 heavy (non-hydrogen) atoms. The van der Waals surface area contributed by atoms with Crippen molar-refractivity contribution in [1.29, 1.82) is 0 Å². The van der Waals surface area contributed by atoms with Gasteiger partial charge in [0.1, 0.15) is 5.69 Å². The fraction of sp³-hybridized carbons (Fsp3) is 0.714. The summed E-state index contributed by atoms with van der Waals surface area (Å²) in [6, 6.07) is 2.10. The second-order valence-corrected chi connectivity index (χ2v) is 5.30. The molecule has 0 spiro atoms. The number of amides is 1. The van der Waals surface area contributed by atoms with Gasteiger partial charge >= 0.3 is 0 Å². The molecule has 1 saturated heterocycles. The van der Waals surface area contributed by atoms with Crippen LogP contribution in [0.2, 0.25) is 0 Å². The van der Waals surface area contributed by atoms with E-state index < -0.39 is 0 Å². The minimum atomic E-state index is 0.0828. The summed E-state index contributed by atoms with van der Waals surface area (Å²) < 4.78 is 1.81. The average Bonchev–Trinajstić information content (AvgIpc) is 2.89. The van der Waals surface area contributed by atoms with Crippen LogP contribution in [-0.4, -0.2) is 39.1 Å². The zero-order valence-electron chi connectivity index (χ0n) is 11.7. The monoisotopic (exact) mass is 283 g/mol. The van der Waals surface area contributed by atoms with Crippen LogP contribution >= 0.6 is 11.6 Å². The van der Waals surface area contributed by atoms with Crippen molar-refractivity contribution in [2.75, 3.05) is 12.4 Å². The van der Waals surface area contributed by atoms with Gasteiger partial charge in [-0.25, -0.2) is 0 Å². The molecule has 1 aliphatic rings. The smallest absolute Gasteiger partial charge is 0.272 e. The lowest BCUT2D eigenvalue weighted by Crippen LogP contribution is -2.45. The SMILES string of the molecule is CCc1cc(C(=O)N2CCCCC2CCl)n(CC)n1. The Morgan fingerprint density at radius 2 is 2.26 bits per heavy atom. The van der Waals surface area contributed by atoms with Crippen LogP contribution in [0.25, 0.3) is 0 Å². The average molecular weight is 284 g/mol. The quantitative estimate of drug-likeness (QED) is 0.797. The summed E-state index contributed by atoms with van der Waals surface area (Å²) in [6.45, 7) is 5.60. The van der Waals surface area contributed by atoms with E-state index in [1.165, 1.54) is 0 Å². The molecule has 1 aromatic rings. The van der Waals surface area contributed by atoms with Crippen LogP contribution < -0.4 is 0 Å². The highest BCUT2D eigenvalue weighted by Gasteiger charge is 2.28. The van der Waals surface area contributed by atoms with Gasteiger partial charge in [-0.2, -0.15) is 5.10 Å². The van der Waals surface area contributed by atoms with Crippen molar-refractivity contribution < 1.29 is 4.79 Å². The third-order valence-corrected chi connectivity index (χ3v) is 4.13. The summed E-state index contributed by atoms with van der Waals surface area (Å²) in [4.78, 5) is 14.6. The normalized spacial score (nSPS) is 19.7. The zero-order valence-corrected chi connectivity index (χ0v) is 12.5. The first kappa shape index (κ1) is 14.4. The molecule has 0 aromatic carbocycles. The number of rotatable bonds is 4. The summed E-state index contributed by atoms with van der Waals surface area (Å²) in [7, 11) is 0. The van der Waals surface area contributed by atoms with Gasteiger partial charge < -0.3 is 4.90 Å². The van der Waals surface area contributed by atoms with Crippen molar-refractivity contribution in [2.24, 2.45) is 0 Å². The third-order valence-electron chi connectivity index (χ3n) is 3.78. The number of piperidine rings is 1. The lowest BCUT2D eigenvalue weighted by molar-refractivity contribution is 0.0626. The number of likely N-dealkylation sites (tertiary alicyclic amines) is 1. The lowest BCUT2D eigenvalue weighted by atomic mass is 10.0. The van der Waals surface area contributed by atoms with Gasteiger partial charge in [0.15, 0.2) is 0 Å². The number of carbonyl (C=O) groups excluding carboxylic acids is 1. The van der Waals surface area contributed by atoms with Crippen molar-refractivity contribution >= 4 is 17.5 Å². The zero-order chi connectivity index (χ0) is 13.8. The molecule has 1 fully saturated rings. The van der Waals surface area contributed by atoms with Crippen LogP contribution in [0.3, 0.4) is 0 Å². The summed E-state index contributed by atoms with van der Waals surface area (Å²) in [5.41, 5.74) is 1.68. The van der Waals surface area contributed by atoms with Crippen LogP contribution in [-0.2, 0) is 13.0 Å². The van der Waals surface area contributed by atoms with Gasteiger partial charge in [0.25, 0.3) is 5.91 Å². The Balaban J connectivity index is 2.24. The molecular formula is C14H22ClN3O. The Kier molecular flexibility index (Phi) is 4.86. The molecule has 2 heterocycles. The second kappa shape index (κ2) is 6.42. The van der Waals surface area contributed by atoms with E-state index in [-0.39, 0.29) is 11.9 Å². The molecular weight excluding hydrogens is 262 g/mol. The first-order valence-corrected chi connectivity index (χ1v) is 7.68. The molecule has 106 valence electrons. The summed E-state index contributed by atoms with van der Waals surface area (Å²) in [6.07, 6.45) is 4.09. The third kappa shape index (κ3) is 2.94. The van der Waals surface area contributed by atoms with Crippen LogP contribution in [0, 0.1) is 0 Å². The standard InChI is InChI=1S/C14H22ClN3O/c1-3-11-9-13(18(4-2)16-11)14(19)17-8-6-5-7-12(17)10-15/h9,12H,3-8,10H2,1-2H3. The number of halogens is 1. The number of aryl methyl sites for hydroxylation is 2. The lowest BCUT2D eigenvalue weighted by Gasteiger charge is -2.34. The topological polar surface area (TPSA) is 38.1 Å². The van der Waals surface area contributed by atoms with Crippen molar-refractivity contribution in [3.8, 4) is 0 Å².